The molecule has 1 heterocycles. The molecule has 1 unspecified atom stereocenters. The summed E-state index contributed by atoms with van der Waals surface area (Å²) >= 11 is 0. The third-order valence-corrected chi connectivity index (χ3v) is 4.02. The molecule has 1 aliphatic rings. The highest BCUT2D eigenvalue weighted by Crippen LogP contribution is 2.29. The number of hydrogen-bond donors (Lipinski definition) is 0. The minimum absolute atomic E-state index is 0.218. The second-order valence-corrected chi connectivity index (χ2v) is 8.41. The molecule has 2 amide bonds. The van der Waals surface area contributed by atoms with Gasteiger partial charge in [0, 0.05) is 13.0 Å². The Morgan fingerprint density at radius 1 is 1.14 bits per heavy atom. The molecule has 0 saturated carbocycles. The number of esters is 1. The topological polar surface area (TPSA) is 82.1 Å². The van der Waals surface area contributed by atoms with Gasteiger partial charge in [-0.2, -0.15) is 0 Å². The van der Waals surface area contributed by atoms with Crippen LogP contribution in [0.5, 0.6) is 5.75 Å². The fourth-order valence-electron chi connectivity index (χ4n) is 2.89. The second kappa shape index (κ2) is 9.11. The van der Waals surface area contributed by atoms with Gasteiger partial charge in [-0.25, -0.2) is 9.69 Å². The lowest BCUT2D eigenvalue weighted by Gasteiger charge is -2.29. The van der Waals surface area contributed by atoms with E-state index in [-0.39, 0.29) is 18.5 Å². The van der Waals surface area contributed by atoms with E-state index < -0.39 is 23.6 Å². The summed E-state index contributed by atoms with van der Waals surface area (Å²) in [6.07, 6.45) is 1.25. The van der Waals surface area contributed by atoms with Crippen molar-refractivity contribution in [1.29, 1.82) is 0 Å². The van der Waals surface area contributed by atoms with E-state index in [1.165, 1.54) is 13.0 Å². The van der Waals surface area contributed by atoms with Crippen LogP contribution >= 0.6 is 0 Å². The van der Waals surface area contributed by atoms with Crippen molar-refractivity contribution in [3.05, 3.63) is 41.7 Å². The highest BCUT2D eigenvalue weighted by molar-refractivity contribution is 6.02. The second-order valence-electron chi connectivity index (χ2n) is 8.41. The molecule has 1 aromatic rings. The molecule has 1 aromatic carbocycles. The summed E-state index contributed by atoms with van der Waals surface area (Å²) < 4.78 is 16.3. The molecular weight excluding hydrogens is 374 g/mol. The normalized spacial score (nSPS) is 16.7. The standard InChI is InChI=1S/C22H29NO6/c1-14(2)11-18-19(12-20(25)23(18)21(26)29-22(4,5)6)27-13-16-7-9-17(10-8-16)28-15(3)24/h7-10,12,14,18H,11,13H2,1-6H3. The van der Waals surface area contributed by atoms with Crippen LogP contribution in [0, 0.1) is 5.92 Å². The average molecular weight is 403 g/mol. The molecule has 29 heavy (non-hydrogen) atoms. The molecular formula is C22H29NO6. The average Bonchev–Trinajstić information content (AvgIpc) is 2.87. The zero-order chi connectivity index (χ0) is 21.8. The Bertz CT molecular complexity index is 789. The number of nitrogens with zero attached hydrogens (tertiary/aromatic N) is 1. The number of amides is 2. The van der Waals surface area contributed by atoms with Crippen molar-refractivity contribution in [2.75, 3.05) is 0 Å². The van der Waals surface area contributed by atoms with Gasteiger partial charge in [0.15, 0.2) is 0 Å². The molecule has 0 bridgehead atoms. The maximum atomic E-state index is 12.6. The largest absolute Gasteiger partial charge is 0.491 e. The highest BCUT2D eigenvalue weighted by atomic mass is 16.6. The zero-order valence-electron chi connectivity index (χ0n) is 17.9. The van der Waals surface area contributed by atoms with Crippen LogP contribution in [0.1, 0.15) is 53.5 Å². The summed E-state index contributed by atoms with van der Waals surface area (Å²) in [5.74, 6) is 0.308. The first-order chi connectivity index (χ1) is 13.5. The van der Waals surface area contributed by atoms with E-state index in [4.69, 9.17) is 14.2 Å². The summed E-state index contributed by atoms with van der Waals surface area (Å²) in [6, 6.07) is 6.40. The van der Waals surface area contributed by atoms with Gasteiger partial charge in [0.1, 0.15) is 29.8 Å². The van der Waals surface area contributed by atoms with E-state index in [0.717, 1.165) is 10.5 Å². The Hall–Kier alpha value is -2.83. The number of carbonyl (C=O) groups excluding carboxylic acids is 3. The minimum Gasteiger partial charge on any atom is -0.491 e. The molecule has 0 fully saturated rings. The lowest BCUT2D eigenvalue weighted by atomic mass is 10.0. The van der Waals surface area contributed by atoms with E-state index in [1.54, 1.807) is 45.0 Å². The third kappa shape index (κ3) is 6.62. The molecule has 0 saturated heterocycles. The molecule has 7 nitrogen and oxygen atoms in total. The quantitative estimate of drug-likeness (QED) is 0.523. The Labute approximate surface area is 171 Å². The van der Waals surface area contributed by atoms with Crippen molar-refractivity contribution in [2.45, 2.75) is 66.2 Å². The number of benzene rings is 1. The van der Waals surface area contributed by atoms with E-state index in [2.05, 4.69) is 0 Å². The van der Waals surface area contributed by atoms with Crippen molar-refractivity contribution in [1.82, 2.24) is 4.90 Å². The first-order valence-corrected chi connectivity index (χ1v) is 9.64. The molecule has 7 heteroatoms. The summed E-state index contributed by atoms with van der Waals surface area (Å²) in [5.41, 5.74) is 0.140. The van der Waals surface area contributed by atoms with Crippen LogP contribution in [0.2, 0.25) is 0 Å². The maximum absolute atomic E-state index is 12.6. The Morgan fingerprint density at radius 3 is 2.28 bits per heavy atom. The van der Waals surface area contributed by atoms with Crippen LogP contribution in [0.3, 0.4) is 0 Å². The fourth-order valence-corrected chi connectivity index (χ4v) is 2.89. The maximum Gasteiger partial charge on any atom is 0.418 e. The fraction of sp³-hybridized carbons (Fsp3) is 0.500. The van der Waals surface area contributed by atoms with Gasteiger partial charge in [-0.1, -0.05) is 26.0 Å². The minimum atomic E-state index is -0.701. The molecule has 1 atom stereocenters. The van der Waals surface area contributed by atoms with E-state index in [9.17, 15) is 14.4 Å². The number of hydrogen-bond acceptors (Lipinski definition) is 6. The molecule has 158 valence electrons. The SMILES string of the molecule is CC(=O)Oc1ccc(COC2=CC(=O)N(C(=O)OC(C)(C)C)C2CC(C)C)cc1. The summed E-state index contributed by atoms with van der Waals surface area (Å²) in [5, 5.41) is 0. The molecule has 0 radical (unpaired) electrons. The number of rotatable bonds is 6. The van der Waals surface area contributed by atoms with Crippen LogP contribution in [-0.4, -0.2) is 34.5 Å². The molecule has 2 rings (SSSR count). The Balaban J connectivity index is 2.10. The van der Waals surface area contributed by atoms with E-state index >= 15 is 0 Å². The lowest BCUT2D eigenvalue weighted by molar-refractivity contribution is -0.132. The van der Waals surface area contributed by atoms with E-state index in [0.29, 0.717) is 17.9 Å². The van der Waals surface area contributed by atoms with Crippen molar-refractivity contribution < 1.29 is 28.6 Å². The molecule has 0 spiro atoms. The van der Waals surface area contributed by atoms with Crippen molar-refractivity contribution in [3.8, 4) is 5.75 Å². The number of ether oxygens (including phenoxy) is 3. The van der Waals surface area contributed by atoms with Crippen LogP contribution in [0.25, 0.3) is 0 Å². The van der Waals surface area contributed by atoms with Crippen molar-refractivity contribution in [2.24, 2.45) is 5.92 Å². The molecule has 1 aliphatic heterocycles. The van der Waals surface area contributed by atoms with Gasteiger partial charge in [-0.3, -0.25) is 9.59 Å². The van der Waals surface area contributed by atoms with Crippen LogP contribution in [0.4, 0.5) is 4.79 Å². The van der Waals surface area contributed by atoms with Crippen molar-refractivity contribution in [3.63, 3.8) is 0 Å². The lowest BCUT2D eigenvalue weighted by Crippen LogP contribution is -2.44. The zero-order valence-corrected chi connectivity index (χ0v) is 17.9. The first kappa shape index (κ1) is 22.5. The van der Waals surface area contributed by atoms with Gasteiger partial charge >= 0.3 is 12.1 Å². The van der Waals surface area contributed by atoms with Crippen LogP contribution in [0.15, 0.2) is 36.1 Å². The van der Waals surface area contributed by atoms with Gasteiger partial charge in [-0.15, -0.1) is 0 Å². The van der Waals surface area contributed by atoms with Crippen LogP contribution < -0.4 is 4.74 Å². The third-order valence-electron chi connectivity index (χ3n) is 4.02. The van der Waals surface area contributed by atoms with Gasteiger partial charge in [-0.05, 0) is 50.8 Å². The molecule has 0 N–H and O–H groups in total. The summed E-state index contributed by atoms with van der Waals surface area (Å²) in [6.45, 7) is 10.9. The van der Waals surface area contributed by atoms with Gasteiger partial charge < -0.3 is 14.2 Å². The predicted octanol–water partition coefficient (Wildman–Crippen LogP) is 4.20. The Morgan fingerprint density at radius 2 is 1.76 bits per heavy atom. The summed E-state index contributed by atoms with van der Waals surface area (Å²) in [7, 11) is 0. The molecule has 0 aliphatic carbocycles. The number of carbonyl (C=O) groups is 3. The van der Waals surface area contributed by atoms with E-state index in [1.807, 2.05) is 13.8 Å². The van der Waals surface area contributed by atoms with Gasteiger partial charge in [0.25, 0.3) is 5.91 Å². The van der Waals surface area contributed by atoms with Crippen LogP contribution in [-0.2, 0) is 25.7 Å². The molecule has 0 aromatic heterocycles. The summed E-state index contributed by atoms with van der Waals surface area (Å²) in [4.78, 5) is 37.2. The highest BCUT2D eigenvalue weighted by Gasteiger charge is 2.41. The Kier molecular flexibility index (Phi) is 7.06. The van der Waals surface area contributed by atoms with Gasteiger partial charge in [0.05, 0.1) is 0 Å². The van der Waals surface area contributed by atoms with Gasteiger partial charge in [0.2, 0.25) is 0 Å². The number of imide groups is 1. The first-order valence-electron chi connectivity index (χ1n) is 9.64. The monoisotopic (exact) mass is 403 g/mol. The smallest absolute Gasteiger partial charge is 0.418 e. The predicted molar refractivity (Wildman–Crippen MR) is 107 cm³/mol. The van der Waals surface area contributed by atoms with Crippen molar-refractivity contribution >= 4 is 18.0 Å².